The van der Waals surface area contributed by atoms with Crippen LogP contribution >= 0.6 is 11.8 Å². The van der Waals surface area contributed by atoms with E-state index in [9.17, 15) is 4.79 Å². The van der Waals surface area contributed by atoms with Crippen LogP contribution in [-0.2, 0) is 9.53 Å². The Balaban J connectivity index is 1.59. The highest BCUT2D eigenvalue weighted by atomic mass is 32.2. The molecule has 1 saturated heterocycles. The molecule has 1 aliphatic rings. The summed E-state index contributed by atoms with van der Waals surface area (Å²) in [5.41, 5.74) is 3.01. The van der Waals surface area contributed by atoms with Crippen molar-refractivity contribution in [2.75, 3.05) is 13.2 Å². The number of nitrogens with one attached hydrogen (secondary N) is 1. The molecule has 1 aromatic carbocycles. The zero-order valence-electron chi connectivity index (χ0n) is 17.1. The summed E-state index contributed by atoms with van der Waals surface area (Å²) < 4.78 is 7.60. The standard InChI is InChI=1S/C22H25N5O2S/c1-15-6-3-4-8-19(15)27-20(17-9-11-23-12-10-17)25-26-22(27)30-16(2)21(28)24-14-18-7-5-13-29-18/h3-4,6,8-12,16,18H,5,7,13-14H2,1-2H3,(H,24,28)/t16-,18-/m1/s1. The van der Waals surface area contributed by atoms with Gasteiger partial charge >= 0.3 is 0 Å². The van der Waals surface area contributed by atoms with Crippen LogP contribution in [0.25, 0.3) is 17.1 Å². The highest BCUT2D eigenvalue weighted by Gasteiger charge is 2.23. The first kappa shape index (κ1) is 20.6. The third-order valence-electron chi connectivity index (χ3n) is 5.11. The smallest absolute Gasteiger partial charge is 0.233 e. The Bertz CT molecular complexity index is 1000. The highest BCUT2D eigenvalue weighted by molar-refractivity contribution is 8.00. The number of rotatable bonds is 7. The fourth-order valence-corrected chi connectivity index (χ4v) is 4.33. The molecule has 0 aliphatic carbocycles. The van der Waals surface area contributed by atoms with Crippen molar-refractivity contribution in [2.45, 2.75) is 43.2 Å². The number of para-hydroxylation sites is 1. The van der Waals surface area contributed by atoms with Gasteiger partial charge in [-0.25, -0.2) is 0 Å². The fraction of sp³-hybridized carbons (Fsp3) is 0.364. The summed E-state index contributed by atoms with van der Waals surface area (Å²) >= 11 is 1.40. The SMILES string of the molecule is Cc1ccccc1-n1c(S[C@H](C)C(=O)NC[C@H]2CCCO2)nnc1-c1ccncc1. The Kier molecular flexibility index (Phi) is 6.44. The lowest BCUT2D eigenvalue weighted by Crippen LogP contribution is -2.36. The molecule has 0 unspecified atom stereocenters. The number of nitrogens with zero attached hydrogens (tertiary/aromatic N) is 4. The molecule has 1 fully saturated rings. The Labute approximate surface area is 180 Å². The number of amides is 1. The van der Waals surface area contributed by atoms with Crippen LogP contribution in [0.15, 0.2) is 53.9 Å². The Hall–Kier alpha value is -2.71. The minimum Gasteiger partial charge on any atom is -0.376 e. The van der Waals surface area contributed by atoms with Crippen molar-refractivity contribution in [2.24, 2.45) is 0 Å². The summed E-state index contributed by atoms with van der Waals surface area (Å²) in [7, 11) is 0. The number of aromatic nitrogens is 4. The Morgan fingerprint density at radius 3 is 2.80 bits per heavy atom. The lowest BCUT2D eigenvalue weighted by Gasteiger charge is -2.16. The number of hydrogen-bond donors (Lipinski definition) is 1. The predicted octanol–water partition coefficient (Wildman–Crippen LogP) is 3.41. The van der Waals surface area contributed by atoms with Gasteiger partial charge in [-0.3, -0.25) is 14.3 Å². The van der Waals surface area contributed by atoms with E-state index in [0.717, 1.165) is 42.1 Å². The van der Waals surface area contributed by atoms with Gasteiger partial charge in [0, 0.05) is 31.1 Å². The van der Waals surface area contributed by atoms with E-state index in [1.807, 2.05) is 41.8 Å². The number of ether oxygens (including phenoxy) is 1. The first-order valence-electron chi connectivity index (χ1n) is 10.1. The van der Waals surface area contributed by atoms with E-state index in [0.29, 0.717) is 11.7 Å². The van der Waals surface area contributed by atoms with Crippen LogP contribution in [0.2, 0.25) is 0 Å². The Morgan fingerprint density at radius 1 is 1.27 bits per heavy atom. The summed E-state index contributed by atoms with van der Waals surface area (Å²) in [6, 6.07) is 11.9. The zero-order chi connectivity index (χ0) is 20.9. The van der Waals surface area contributed by atoms with E-state index in [2.05, 4.69) is 33.5 Å². The van der Waals surface area contributed by atoms with Crippen molar-refractivity contribution in [1.82, 2.24) is 25.1 Å². The van der Waals surface area contributed by atoms with Crippen molar-refractivity contribution in [3.8, 4) is 17.1 Å². The molecule has 1 aliphatic heterocycles. The third-order valence-corrected chi connectivity index (χ3v) is 6.15. The molecule has 0 bridgehead atoms. The topological polar surface area (TPSA) is 81.9 Å². The Morgan fingerprint density at radius 2 is 2.07 bits per heavy atom. The number of thioether (sulfide) groups is 1. The molecule has 1 N–H and O–H groups in total. The van der Waals surface area contributed by atoms with Crippen LogP contribution in [0.3, 0.4) is 0 Å². The molecule has 7 nitrogen and oxygen atoms in total. The van der Waals surface area contributed by atoms with Gasteiger partial charge in [0.2, 0.25) is 5.91 Å². The quantitative estimate of drug-likeness (QED) is 0.587. The zero-order valence-corrected chi connectivity index (χ0v) is 17.9. The van der Waals surface area contributed by atoms with Crippen molar-refractivity contribution in [3.05, 3.63) is 54.4 Å². The van der Waals surface area contributed by atoms with Crippen molar-refractivity contribution in [3.63, 3.8) is 0 Å². The summed E-state index contributed by atoms with van der Waals surface area (Å²) in [4.78, 5) is 16.7. The molecular formula is C22H25N5O2S. The number of carbonyl (C=O) groups is 1. The number of carbonyl (C=O) groups excluding carboxylic acids is 1. The van der Waals surface area contributed by atoms with Gasteiger partial charge in [-0.2, -0.15) is 0 Å². The van der Waals surface area contributed by atoms with Crippen molar-refractivity contribution >= 4 is 17.7 Å². The van der Waals surface area contributed by atoms with E-state index < -0.39 is 0 Å². The van der Waals surface area contributed by atoms with Gasteiger partial charge in [-0.15, -0.1) is 10.2 Å². The second-order valence-corrected chi connectivity index (χ2v) is 8.61. The summed E-state index contributed by atoms with van der Waals surface area (Å²) in [6.45, 7) is 5.27. The molecule has 2 aromatic heterocycles. The molecule has 8 heteroatoms. The fourth-order valence-electron chi connectivity index (χ4n) is 3.44. The number of pyridine rings is 1. The molecule has 3 heterocycles. The van der Waals surface area contributed by atoms with E-state index >= 15 is 0 Å². The van der Waals surface area contributed by atoms with Crippen LogP contribution in [0.5, 0.6) is 0 Å². The van der Waals surface area contributed by atoms with E-state index in [-0.39, 0.29) is 17.3 Å². The molecule has 1 amide bonds. The van der Waals surface area contributed by atoms with Gasteiger partial charge < -0.3 is 10.1 Å². The van der Waals surface area contributed by atoms with Gasteiger partial charge in [0.15, 0.2) is 11.0 Å². The van der Waals surface area contributed by atoms with Gasteiger partial charge in [0.1, 0.15) is 0 Å². The summed E-state index contributed by atoms with van der Waals surface area (Å²) in [5.74, 6) is 0.696. The summed E-state index contributed by atoms with van der Waals surface area (Å²) in [6.07, 6.45) is 5.65. The monoisotopic (exact) mass is 423 g/mol. The number of hydrogen-bond acceptors (Lipinski definition) is 6. The van der Waals surface area contributed by atoms with Crippen molar-refractivity contribution in [1.29, 1.82) is 0 Å². The lowest BCUT2D eigenvalue weighted by molar-refractivity contribution is -0.120. The molecule has 156 valence electrons. The average Bonchev–Trinajstić information content (AvgIpc) is 3.43. The third kappa shape index (κ3) is 4.55. The van der Waals surface area contributed by atoms with E-state index in [1.165, 1.54) is 11.8 Å². The molecule has 4 rings (SSSR count). The number of aryl methyl sites for hydroxylation is 1. The highest BCUT2D eigenvalue weighted by Crippen LogP contribution is 2.31. The van der Waals surface area contributed by atoms with E-state index in [4.69, 9.17) is 4.74 Å². The van der Waals surface area contributed by atoms with Crippen LogP contribution < -0.4 is 5.32 Å². The molecule has 0 saturated carbocycles. The maximum absolute atomic E-state index is 12.6. The molecular weight excluding hydrogens is 398 g/mol. The predicted molar refractivity (Wildman–Crippen MR) is 117 cm³/mol. The van der Waals surface area contributed by atoms with Gasteiger partial charge in [0.25, 0.3) is 0 Å². The maximum atomic E-state index is 12.6. The molecule has 2 atom stereocenters. The van der Waals surface area contributed by atoms with E-state index in [1.54, 1.807) is 12.4 Å². The van der Waals surface area contributed by atoms with Crippen LogP contribution in [0.4, 0.5) is 0 Å². The lowest BCUT2D eigenvalue weighted by atomic mass is 10.2. The largest absolute Gasteiger partial charge is 0.376 e. The van der Waals surface area contributed by atoms with Crippen molar-refractivity contribution < 1.29 is 9.53 Å². The van der Waals surface area contributed by atoms with Crippen LogP contribution in [0, 0.1) is 6.92 Å². The van der Waals surface area contributed by atoms with Crippen LogP contribution in [0.1, 0.15) is 25.3 Å². The molecule has 0 spiro atoms. The first-order chi connectivity index (χ1) is 14.6. The molecule has 3 aromatic rings. The minimum atomic E-state index is -0.316. The van der Waals surface area contributed by atoms with Gasteiger partial charge in [-0.1, -0.05) is 30.0 Å². The molecule has 0 radical (unpaired) electrons. The maximum Gasteiger partial charge on any atom is 0.233 e. The van der Waals surface area contributed by atoms with Gasteiger partial charge in [0.05, 0.1) is 17.0 Å². The average molecular weight is 424 g/mol. The molecule has 30 heavy (non-hydrogen) atoms. The number of benzene rings is 1. The van der Waals surface area contributed by atoms with Gasteiger partial charge in [-0.05, 0) is 50.5 Å². The first-order valence-corrected chi connectivity index (χ1v) is 11.0. The van der Waals surface area contributed by atoms with Crippen LogP contribution in [-0.4, -0.2) is 50.2 Å². The minimum absolute atomic E-state index is 0.0275. The second kappa shape index (κ2) is 9.40. The second-order valence-electron chi connectivity index (χ2n) is 7.30. The normalized spacial score (nSPS) is 17.1. The summed E-state index contributed by atoms with van der Waals surface area (Å²) in [5, 5.41) is 12.2.